The molecule has 0 radical (unpaired) electrons. The average Bonchev–Trinajstić information content (AvgIpc) is 2.51. The highest BCUT2D eigenvalue weighted by Gasteiger charge is 2.34. The first-order chi connectivity index (χ1) is 9.83. The van der Waals surface area contributed by atoms with Gasteiger partial charge in [-0.3, -0.25) is 0 Å². The van der Waals surface area contributed by atoms with Crippen LogP contribution in [0.4, 0.5) is 0 Å². The van der Waals surface area contributed by atoms with Crippen LogP contribution in [-0.2, 0) is 0 Å². The number of hydrogen-bond donors (Lipinski definition) is 3. The second-order valence-electron chi connectivity index (χ2n) is 7.28. The lowest BCUT2D eigenvalue weighted by atomic mass is 9.76. The predicted molar refractivity (Wildman–Crippen MR) is 82.8 cm³/mol. The summed E-state index contributed by atoms with van der Waals surface area (Å²) in [7, 11) is 0. The Labute approximate surface area is 123 Å². The Morgan fingerprint density at radius 2 is 1.55 bits per heavy atom. The van der Waals surface area contributed by atoms with Gasteiger partial charge in [0.2, 0.25) is 0 Å². The third-order valence-corrected chi connectivity index (χ3v) is 5.83. The van der Waals surface area contributed by atoms with Crippen molar-refractivity contribution >= 4 is 0 Å². The van der Waals surface area contributed by atoms with Gasteiger partial charge >= 0.3 is 0 Å². The molecule has 0 aromatic carbocycles. The van der Waals surface area contributed by atoms with Crippen LogP contribution in [-0.4, -0.2) is 35.9 Å². The van der Waals surface area contributed by atoms with Crippen LogP contribution in [0.3, 0.4) is 0 Å². The first kappa shape index (κ1) is 14.8. The first-order valence-corrected chi connectivity index (χ1v) is 9.00. The molecule has 3 unspecified atom stereocenters. The number of nitrogens with one attached hydrogen (secondary N) is 2. The topological polar surface area (TPSA) is 44.3 Å². The molecule has 1 saturated heterocycles. The van der Waals surface area contributed by atoms with E-state index >= 15 is 0 Å². The van der Waals surface area contributed by atoms with Crippen LogP contribution in [0.1, 0.15) is 70.6 Å². The monoisotopic (exact) mass is 280 g/mol. The number of aliphatic hydroxyl groups is 1. The number of aliphatic hydroxyl groups excluding tert-OH is 1. The van der Waals surface area contributed by atoms with Gasteiger partial charge < -0.3 is 15.7 Å². The Balaban J connectivity index is 1.54. The zero-order valence-electron chi connectivity index (χ0n) is 12.8. The molecule has 2 aliphatic carbocycles. The molecule has 20 heavy (non-hydrogen) atoms. The van der Waals surface area contributed by atoms with Gasteiger partial charge in [0.15, 0.2) is 0 Å². The molecule has 0 aromatic heterocycles. The molecule has 0 spiro atoms. The lowest BCUT2D eigenvalue weighted by Gasteiger charge is -2.42. The lowest BCUT2D eigenvalue weighted by Crippen LogP contribution is -2.53. The summed E-state index contributed by atoms with van der Waals surface area (Å²) in [4.78, 5) is 0. The lowest BCUT2D eigenvalue weighted by molar-refractivity contribution is 0.102. The van der Waals surface area contributed by atoms with E-state index in [2.05, 4.69) is 10.6 Å². The van der Waals surface area contributed by atoms with E-state index in [9.17, 15) is 5.11 Å². The van der Waals surface area contributed by atoms with E-state index < -0.39 is 0 Å². The summed E-state index contributed by atoms with van der Waals surface area (Å²) in [6.07, 6.45) is 14.0. The van der Waals surface area contributed by atoms with Crippen molar-refractivity contribution in [3.8, 4) is 0 Å². The third kappa shape index (κ3) is 3.75. The highest BCUT2D eigenvalue weighted by atomic mass is 16.3. The molecule has 3 rings (SSSR count). The van der Waals surface area contributed by atoms with Gasteiger partial charge in [0.25, 0.3) is 0 Å². The summed E-state index contributed by atoms with van der Waals surface area (Å²) in [6, 6.07) is 2.14. The Morgan fingerprint density at radius 3 is 2.30 bits per heavy atom. The van der Waals surface area contributed by atoms with Crippen molar-refractivity contribution in [2.24, 2.45) is 5.92 Å². The Kier molecular flexibility index (Phi) is 5.36. The summed E-state index contributed by atoms with van der Waals surface area (Å²) in [5, 5.41) is 17.4. The number of piperidine rings is 1. The molecule has 3 fully saturated rings. The fourth-order valence-electron chi connectivity index (χ4n) is 4.64. The zero-order valence-corrected chi connectivity index (χ0v) is 12.8. The quantitative estimate of drug-likeness (QED) is 0.744. The first-order valence-electron chi connectivity index (χ1n) is 9.00. The average molecular weight is 280 g/mol. The van der Waals surface area contributed by atoms with Crippen LogP contribution < -0.4 is 10.6 Å². The second kappa shape index (κ2) is 7.24. The fourth-order valence-corrected chi connectivity index (χ4v) is 4.64. The van der Waals surface area contributed by atoms with Gasteiger partial charge in [0.1, 0.15) is 0 Å². The molecule has 2 saturated carbocycles. The van der Waals surface area contributed by atoms with Crippen LogP contribution in [0.25, 0.3) is 0 Å². The van der Waals surface area contributed by atoms with Gasteiger partial charge in [-0.15, -0.1) is 0 Å². The maximum Gasteiger partial charge on any atom is 0.0541 e. The smallest absolute Gasteiger partial charge is 0.0541 e. The number of rotatable bonds is 3. The molecule has 3 aliphatic rings. The predicted octanol–water partition coefficient (Wildman–Crippen LogP) is 2.58. The summed E-state index contributed by atoms with van der Waals surface area (Å²) in [6.45, 7) is 1.23. The molecule has 0 bridgehead atoms. The van der Waals surface area contributed by atoms with Crippen LogP contribution in [0.2, 0.25) is 0 Å². The minimum Gasteiger partial charge on any atom is -0.393 e. The molecule has 0 aromatic rings. The van der Waals surface area contributed by atoms with Gasteiger partial charge in [-0.1, -0.05) is 19.3 Å². The zero-order chi connectivity index (χ0) is 13.8. The number of hydrogen-bond acceptors (Lipinski definition) is 3. The van der Waals surface area contributed by atoms with E-state index in [1.54, 1.807) is 0 Å². The van der Waals surface area contributed by atoms with Crippen LogP contribution in [0.5, 0.6) is 0 Å². The molecule has 3 nitrogen and oxygen atoms in total. The highest BCUT2D eigenvalue weighted by molar-refractivity contribution is 4.92. The van der Waals surface area contributed by atoms with Crippen molar-refractivity contribution < 1.29 is 5.11 Å². The van der Waals surface area contributed by atoms with Crippen molar-refractivity contribution in [1.82, 2.24) is 10.6 Å². The molecule has 3 heteroatoms. The molecule has 1 heterocycles. The van der Waals surface area contributed by atoms with Crippen molar-refractivity contribution in [2.75, 3.05) is 6.54 Å². The molecular weight excluding hydrogens is 248 g/mol. The minimum atomic E-state index is -0.0322. The fraction of sp³-hybridized carbons (Fsp3) is 1.00. The summed E-state index contributed by atoms with van der Waals surface area (Å²) in [5.41, 5.74) is 0. The van der Waals surface area contributed by atoms with E-state index in [-0.39, 0.29) is 6.10 Å². The summed E-state index contributed by atoms with van der Waals surface area (Å²) < 4.78 is 0. The van der Waals surface area contributed by atoms with Gasteiger partial charge in [-0.2, -0.15) is 0 Å². The van der Waals surface area contributed by atoms with E-state index in [0.717, 1.165) is 30.8 Å². The van der Waals surface area contributed by atoms with Gasteiger partial charge in [-0.25, -0.2) is 0 Å². The summed E-state index contributed by atoms with van der Waals surface area (Å²) in [5.74, 6) is 0.843. The largest absolute Gasteiger partial charge is 0.393 e. The van der Waals surface area contributed by atoms with Gasteiger partial charge in [0, 0.05) is 18.1 Å². The maximum atomic E-state index is 9.65. The standard InChI is InChI=1S/C17H32N2O/c20-14-10-8-13(9-11-14)19-17-7-2-1-5-15(17)16-6-3-4-12-18-16/h13-20H,1-12H2. The van der Waals surface area contributed by atoms with Crippen molar-refractivity contribution in [3.63, 3.8) is 0 Å². The minimum absolute atomic E-state index is 0.0322. The Hall–Kier alpha value is -0.120. The maximum absolute atomic E-state index is 9.65. The molecule has 3 atom stereocenters. The van der Waals surface area contributed by atoms with E-state index in [1.807, 2.05) is 0 Å². The van der Waals surface area contributed by atoms with E-state index in [0.29, 0.717) is 6.04 Å². The third-order valence-electron chi connectivity index (χ3n) is 5.83. The van der Waals surface area contributed by atoms with Gasteiger partial charge in [0.05, 0.1) is 6.10 Å². The van der Waals surface area contributed by atoms with E-state index in [4.69, 9.17) is 0 Å². The summed E-state index contributed by atoms with van der Waals surface area (Å²) >= 11 is 0. The highest BCUT2D eigenvalue weighted by Crippen LogP contribution is 2.32. The molecule has 1 aliphatic heterocycles. The van der Waals surface area contributed by atoms with Crippen molar-refractivity contribution in [3.05, 3.63) is 0 Å². The Bertz CT molecular complexity index is 283. The van der Waals surface area contributed by atoms with Crippen LogP contribution in [0, 0.1) is 5.92 Å². The van der Waals surface area contributed by atoms with E-state index in [1.165, 1.54) is 64.3 Å². The molecular formula is C17H32N2O. The molecule has 116 valence electrons. The second-order valence-corrected chi connectivity index (χ2v) is 7.28. The van der Waals surface area contributed by atoms with Crippen LogP contribution in [0.15, 0.2) is 0 Å². The normalized spacial score (nSPS) is 43.4. The molecule has 3 N–H and O–H groups in total. The SMILES string of the molecule is OC1CCC(NC2CCCCC2C2CCCCN2)CC1. The van der Waals surface area contributed by atoms with Crippen LogP contribution >= 0.6 is 0 Å². The molecule has 0 amide bonds. The van der Waals surface area contributed by atoms with Crippen molar-refractivity contribution in [2.45, 2.75) is 94.9 Å². The Morgan fingerprint density at radius 1 is 0.800 bits per heavy atom. The van der Waals surface area contributed by atoms with Crippen molar-refractivity contribution in [1.29, 1.82) is 0 Å². The van der Waals surface area contributed by atoms with Gasteiger partial charge in [-0.05, 0) is 63.8 Å².